The molecule has 0 aromatic heterocycles. The average Bonchev–Trinajstić information content (AvgIpc) is 2.69. The predicted molar refractivity (Wildman–Crippen MR) is 114 cm³/mol. The standard InChI is InChI=1S/C23H29N3O3/c1-6-29-18-13-11-17(12-14-18)15-25(5)16(2)21(27)26-20-10-8-7-9-19(20)24-22(28)23(26,3)4/h7-14,16H,6,15H2,1-5H3,(H,24,28)/p+1/t16-/m1/s1. The first-order chi connectivity index (χ1) is 13.8. The van der Waals surface area contributed by atoms with Crippen LogP contribution in [0, 0.1) is 0 Å². The molecule has 3 rings (SSSR count). The molecular formula is C23H30N3O3+. The molecule has 0 bridgehead atoms. The van der Waals surface area contributed by atoms with Crippen LogP contribution in [0.3, 0.4) is 0 Å². The Hall–Kier alpha value is -2.86. The Morgan fingerprint density at radius 3 is 2.48 bits per heavy atom. The zero-order valence-corrected chi connectivity index (χ0v) is 17.8. The normalized spacial score (nSPS) is 17.1. The van der Waals surface area contributed by atoms with Crippen molar-refractivity contribution in [3.63, 3.8) is 0 Å². The van der Waals surface area contributed by atoms with E-state index in [9.17, 15) is 9.59 Å². The largest absolute Gasteiger partial charge is 0.494 e. The summed E-state index contributed by atoms with van der Waals surface area (Å²) >= 11 is 0. The molecule has 0 saturated heterocycles. The first-order valence-corrected chi connectivity index (χ1v) is 10.0. The highest BCUT2D eigenvalue weighted by Crippen LogP contribution is 2.36. The Kier molecular flexibility index (Phi) is 5.94. The van der Waals surface area contributed by atoms with Gasteiger partial charge in [0.25, 0.3) is 5.91 Å². The van der Waals surface area contributed by atoms with Gasteiger partial charge in [-0.25, -0.2) is 0 Å². The number of quaternary nitrogens is 1. The van der Waals surface area contributed by atoms with Crippen LogP contribution in [-0.2, 0) is 16.1 Å². The van der Waals surface area contributed by atoms with Gasteiger partial charge < -0.3 is 15.0 Å². The summed E-state index contributed by atoms with van der Waals surface area (Å²) in [7, 11) is 2.00. The van der Waals surface area contributed by atoms with Gasteiger partial charge in [-0.1, -0.05) is 12.1 Å². The molecule has 1 aliphatic rings. The van der Waals surface area contributed by atoms with Gasteiger partial charge in [-0.05, 0) is 64.1 Å². The van der Waals surface area contributed by atoms with E-state index in [1.165, 1.54) is 0 Å². The zero-order chi connectivity index (χ0) is 21.2. The van der Waals surface area contributed by atoms with Crippen LogP contribution in [0.25, 0.3) is 0 Å². The Morgan fingerprint density at radius 1 is 1.17 bits per heavy atom. The first-order valence-electron chi connectivity index (χ1n) is 10.0. The zero-order valence-electron chi connectivity index (χ0n) is 17.8. The number of rotatable bonds is 6. The summed E-state index contributed by atoms with van der Waals surface area (Å²) < 4.78 is 5.49. The number of hydrogen-bond donors (Lipinski definition) is 2. The van der Waals surface area contributed by atoms with Gasteiger partial charge in [0.05, 0.1) is 25.0 Å². The van der Waals surface area contributed by atoms with E-state index in [-0.39, 0.29) is 17.9 Å². The van der Waals surface area contributed by atoms with Crippen LogP contribution in [0.5, 0.6) is 5.75 Å². The summed E-state index contributed by atoms with van der Waals surface area (Å²) in [6.07, 6.45) is 0. The van der Waals surface area contributed by atoms with E-state index in [0.29, 0.717) is 18.8 Å². The molecule has 2 aromatic carbocycles. The van der Waals surface area contributed by atoms with E-state index < -0.39 is 5.54 Å². The first kappa shape index (κ1) is 20.9. The number of anilines is 2. The smallest absolute Gasteiger partial charge is 0.285 e. The summed E-state index contributed by atoms with van der Waals surface area (Å²) in [6, 6.07) is 15.1. The highest BCUT2D eigenvalue weighted by Gasteiger charge is 2.46. The molecule has 0 radical (unpaired) electrons. The van der Waals surface area contributed by atoms with Crippen LogP contribution in [0.15, 0.2) is 48.5 Å². The number of ether oxygens (including phenoxy) is 1. The van der Waals surface area contributed by atoms with Crippen LogP contribution < -0.4 is 19.9 Å². The molecule has 2 N–H and O–H groups in total. The number of amides is 2. The molecular weight excluding hydrogens is 366 g/mol. The van der Waals surface area contributed by atoms with Crippen molar-refractivity contribution in [2.24, 2.45) is 0 Å². The molecule has 6 nitrogen and oxygen atoms in total. The van der Waals surface area contributed by atoms with Crippen molar-refractivity contribution in [2.75, 3.05) is 23.9 Å². The topological polar surface area (TPSA) is 63.1 Å². The quantitative estimate of drug-likeness (QED) is 0.787. The van der Waals surface area contributed by atoms with Crippen molar-refractivity contribution in [1.29, 1.82) is 0 Å². The average molecular weight is 397 g/mol. The monoisotopic (exact) mass is 396 g/mol. The van der Waals surface area contributed by atoms with Crippen molar-refractivity contribution in [3.05, 3.63) is 54.1 Å². The lowest BCUT2D eigenvalue weighted by Gasteiger charge is -2.43. The highest BCUT2D eigenvalue weighted by atomic mass is 16.5. The van der Waals surface area contributed by atoms with Gasteiger partial charge in [0.1, 0.15) is 17.8 Å². The van der Waals surface area contributed by atoms with Crippen LogP contribution >= 0.6 is 0 Å². The molecule has 2 aromatic rings. The third kappa shape index (κ3) is 4.12. The summed E-state index contributed by atoms with van der Waals surface area (Å²) in [5.74, 6) is 0.595. The van der Waals surface area contributed by atoms with Crippen LogP contribution in [0.1, 0.15) is 33.3 Å². The number of benzene rings is 2. The highest BCUT2D eigenvalue weighted by molar-refractivity contribution is 6.14. The number of carbonyl (C=O) groups excluding carboxylic acids is 2. The fourth-order valence-corrected chi connectivity index (χ4v) is 3.60. The third-order valence-corrected chi connectivity index (χ3v) is 5.56. The minimum Gasteiger partial charge on any atom is -0.494 e. The van der Waals surface area contributed by atoms with E-state index in [2.05, 4.69) is 5.32 Å². The Morgan fingerprint density at radius 2 is 1.83 bits per heavy atom. The number of nitrogens with zero attached hydrogens (tertiary/aromatic N) is 1. The maximum atomic E-state index is 13.5. The molecule has 1 unspecified atom stereocenters. The van der Waals surface area contributed by atoms with Gasteiger partial charge in [-0.15, -0.1) is 0 Å². The van der Waals surface area contributed by atoms with Crippen molar-refractivity contribution in [2.45, 2.75) is 45.8 Å². The minimum absolute atomic E-state index is 0.0688. The summed E-state index contributed by atoms with van der Waals surface area (Å²) in [6.45, 7) is 8.77. The minimum atomic E-state index is -0.959. The fraction of sp³-hybridized carbons (Fsp3) is 0.391. The number of likely N-dealkylation sites (N-methyl/N-ethyl adjacent to an activating group) is 1. The van der Waals surface area contributed by atoms with Gasteiger partial charge in [-0.2, -0.15) is 0 Å². The number of hydrogen-bond acceptors (Lipinski definition) is 3. The molecule has 0 spiro atoms. The Bertz CT molecular complexity index is 892. The van der Waals surface area contributed by atoms with Crippen molar-refractivity contribution >= 4 is 23.2 Å². The second-order valence-corrected chi connectivity index (χ2v) is 8.03. The number of para-hydroxylation sites is 2. The van der Waals surface area contributed by atoms with E-state index in [1.54, 1.807) is 18.7 Å². The van der Waals surface area contributed by atoms with Crippen molar-refractivity contribution in [1.82, 2.24) is 0 Å². The molecule has 6 heteroatoms. The van der Waals surface area contributed by atoms with Gasteiger partial charge in [0.2, 0.25) is 5.91 Å². The summed E-state index contributed by atoms with van der Waals surface area (Å²) in [5.41, 5.74) is 1.57. The van der Waals surface area contributed by atoms with E-state index in [0.717, 1.165) is 21.9 Å². The van der Waals surface area contributed by atoms with Crippen LogP contribution in [0.2, 0.25) is 0 Å². The van der Waals surface area contributed by atoms with Gasteiger partial charge in [-0.3, -0.25) is 14.5 Å². The van der Waals surface area contributed by atoms with Crippen molar-refractivity contribution in [3.8, 4) is 5.75 Å². The van der Waals surface area contributed by atoms with Crippen LogP contribution in [-0.4, -0.2) is 37.0 Å². The number of fused-ring (bicyclic) bond motifs is 1. The number of nitrogens with one attached hydrogen (secondary N) is 2. The molecule has 2 amide bonds. The molecule has 0 fully saturated rings. The van der Waals surface area contributed by atoms with E-state index in [4.69, 9.17) is 4.74 Å². The summed E-state index contributed by atoms with van der Waals surface area (Å²) in [4.78, 5) is 28.8. The van der Waals surface area contributed by atoms with E-state index >= 15 is 0 Å². The Balaban J connectivity index is 1.80. The van der Waals surface area contributed by atoms with Crippen LogP contribution in [0.4, 0.5) is 11.4 Å². The summed E-state index contributed by atoms with van der Waals surface area (Å²) in [5, 5.41) is 2.91. The molecule has 2 atom stereocenters. The van der Waals surface area contributed by atoms with Gasteiger partial charge in [0, 0.05) is 5.56 Å². The van der Waals surface area contributed by atoms with Gasteiger partial charge in [0.15, 0.2) is 6.04 Å². The van der Waals surface area contributed by atoms with E-state index in [1.807, 2.05) is 69.4 Å². The molecule has 0 aliphatic carbocycles. The van der Waals surface area contributed by atoms with Crippen molar-refractivity contribution < 1.29 is 19.2 Å². The lowest BCUT2D eigenvalue weighted by molar-refractivity contribution is -0.908. The lowest BCUT2D eigenvalue weighted by Crippen LogP contribution is -3.13. The maximum Gasteiger partial charge on any atom is 0.285 e. The second-order valence-electron chi connectivity index (χ2n) is 8.03. The molecule has 1 aliphatic heterocycles. The molecule has 0 saturated carbocycles. The maximum absolute atomic E-state index is 13.5. The van der Waals surface area contributed by atoms with Gasteiger partial charge >= 0.3 is 0 Å². The number of carbonyl (C=O) groups is 2. The predicted octanol–water partition coefficient (Wildman–Crippen LogP) is 2.25. The third-order valence-electron chi connectivity index (χ3n) is 5.56. The lowest BCUT2D eigenvalue weighted by atomic mass is 9.95. The SMILES string of the molecule is CCOc1ccc(C[NH+](C)[C@H](C)C(=O)N2c3ccccc3NC(=O)C2(C)C)cc1. The molecule has 29 heavy (non-hydrogen) atoms. The Labute approximate surface area is 172 Å². The fourth-order valence-electron chi connectivity index (χ4n) is 3.60. The second kappa shape index (κ2) is 8.25. The molecule has 1 heterocycles. The molecule has 154 valence electrons.